The van der Waals surface area contributed by atoms with Crippen LogP contribution in [0.1, 0.15) is 17.5 Å². The summed E-state index contributed by atoms with van der Waals surface area (Å²) < 4.78 is 0. The molecule has 106 valence electrons. The Balaban J connectivity index is 1.68. The molecule has 20 heavy (non-hydrogen) atoms. The predicted molar refractivity (Wildman–Crippen MR) is 88.3 cm³/mol. The van der Waals surface area contributed by atoms with Crippen LogP contribution < -0.4 is 4.90 Å². The molecule has 1 unspecified atom stereocenters. The Bertz CT molecular complexity index is 570. The monoisotopic (exact) mass is 325 g/mol. The molecule has 3 rings (SSSR count). The molecule has 0 aliphatic carbocycles. The van der Waals surface area contributed by atoms with Gasteiger partial charge in [0.2, 0.25) is 5.13 Å². The van der Waals surface area contributed by atoms with Gasteiger partial charge in [0.1, 0.15) is 5.01 Å². The lowest BCUT2D eigenvalue weighted by Crippen LogP contribution is -2.36. The number of halogens is 1. The van der Waals surface area contributed by atoms with Gasteiger partial charge in [-0.15, -0.1) is 10.2 Å². The van der Waals surface area contributed by atoms with Crippen molar-refractivity contribution in [2.24, 2.45) is 0 Å². The van der Waals surface area contributed by atoms with Crippen molar-refractivity contribution in [2.75, 3.05) is 23.7 Å². The molecule has 0 saturated carbocycles. The smallest absolute Gasteiger partial charge is 0.208 e. The lowest BCUT2D eigenvalue weighted by molar-refractivity contribution is 0.771. The van der Waals surface area contributed by atoms with Crippen molar-refractivity contribution in [1.29, 1.82) is 0 Å². The van der Waals surface area contributed by atoms with E-state index in [9.17, 15) is 0 Å². The Morgan fingerprint density at radius 3 is 2.85 bits per heavy atom. The third-order valence-corrected chi connectivity index (χ3v) is 5.61. The second-order valence-electron chi connectivity index (χ2n) is 4.91. The fraction of sp³-hybridized carbons (Fsp3) is 0.429. The number of benzene rings is 1. The summed E-state index contributed by atoms with van der Waals surface area (Å²) >= 11 is 9.63. The second-order valence-corrected chi connectivity index (χ2v) is 7.93. The minimum absolute atomic E-state index is 0.673. The Morgan fingerprint density at radius 2 is 2.10 bits per heavy atom. The van der Waals surface area contributed by atoms with E-state index in [1.807, 2.05) is 36.0 Å². The summed E-state index contributed by atoms with van der Waals surface area (Å²) in [6, 6.07) is 7.93. The van der Waals surface area contributed by atoms with Crippen LogP contribution in [0.25, 0.3) is 0 Å². The highest BCUT2D eigenvalue weighted by atomic mass is 35.5. The van der Waals surface area contributed by atoms with Crippen LogP contribution in [0.4, 0.5) is 5.13 Å². The fourth-order valence-corrected chi connectivity index (χ4v) is 4.26. The lowest BCUT2D eigenvalue weighted by Gasteiger charge is -2.29. The van der Waals surface area contributed by atoms with Gasteiger partial charge in [0, 0.05) is 35.5 Å². The average Bonchev–Trinajstić information content (AvgIpc) is 2.90. The summed E-state index contributed by atoms with van der Waals surface area (Å²) in [5, 5.41) is 12.2. The maximum atomic E-state index is 5.90. The van der Waals surface area contributed by atoms with Crippen LogP contribution in [0.5, 0.6) is 0 Å². The van der Waals surface area contributed by atoms with Gasteiger partial charge in [0.15, 0.2) is 0 Å². The minimum atomic E-state index is 0.673. The van der Waals surface area contributed by atoms with Crippen molar-refractivity contribution in [3.63, 3.8) is 0 Å². The molecule has 1 aromatic carbocycles. The van der Waals surface area contributed by atoms with Crippen molar-refractivity contribution in [3.05, 3.63) is 39.9 Å². The summed E-state index contributed by atoms with van der Waals surface area (Å²) in [5.41, 5.74) is 1.22. The Labute approximate surface area is 132 Å². The summed E-state index contributed by atoms with van der Waals surface area (Å²) in [6.45, 7) is 4.41. The van der Waals surface area contributed by atoms with Gasteiger partial charge in [-0.1, -0.05) is 42.0 Å². The van der Waals surface area contributed by atoms with Crippen LogP contribution in [-0.2, 0) is 6.42 Å². The maximum Gasteiger partial charge on any atom is 0.208 e. The Kier molecular flexibility index (Phi) is 4.48. The molecule has 0 radical (unpaired) electrons. The van der Waals surface area contributed by atoms with Crippen molar-refractivity contribution < 1.29 is 0 Å². The van der Waals surface area contributed by atoms with Gasteiger partial charge in [0.25, 0.3) is 0 Å². The molecular formula is C14H16ClN3S2. The molecule has 0 bridgehead atoms. The van der Waals surface area contributed by atoms with E-state index >= 15 is 0 Å². The predicted octanol–water partition coefficient (Wildman–Crippen LogP) is 3.72. The molecule has 0 spiro atoms. The Hall–Kier alpha value is -0.780. The van der Waals surface area contributed by atoms with Gasteiger partial charge >= 0.3 is 0 Å². The zero-order valence-electron chi connectivity index (χ0n) is 11.3. The van der Waals surface area contributed by atoms with Gasteiger partial charge in [-0.05, 0) is 17.7 Å². The second kappa shape index (κ2) is 6.33. The van der Waals surface area contributed by atoms with E-state index in [1.54, 1.807) is 11.3 Å². The van der Waals surface area contributed by atoms with Crippen molar-refractivity contribution in [2.45, 2.75) is 18.6 Å². The number of anilines is 1. The van der Waals surface area contributed by atoms with E-state index < -0.39 is 0 Å². The van der Waals surface area contributed by atoms with E-state index in [0.29, 0.717) is 5.25 Å². The number of hydrogen-bond donors (Lipinski definition) is 0. The molecule has 2 aromatic rings. The molecule has 0 N–H and O–H groups in total. The third-order valence-electron chi connectivity index (χ3n) is 3.24. The first-order chi connectivity index (χ1) is 9.70. The van der Waals surface area contributed by atoms with Gasteiger partial charge in [0.05, 0.1) is 0 Å². The first kappa shape index (κ1) is 14.2. The molecule has 1 aromatic heterocycles. The molecule has 3 nitrogen and oxygen atoms in total. The molecule has 1 saturated heterocycles. The van der Waals surface area contributed by atoms with E-state index in [1.165, 1.54) is 11.3 Å². The van der Waals surface area contributed by atoms with E-state index in [0.717, 1.165) is 34.7 Å². The maximum absolute atomic E-state index is 5.90. The zero-order chi connectivity index (χ0) is 13.9. The van der Waals surface area contributed by atoms with Gasteiger partial charge in [-0.2, -0.15) is 11.8 Å². The van der Waals surface area contributed by atoms with Crippen molar-refractivity contribution in [3.8, 4) is 0 Å². The molecule has 1 aliphatic rings. The quantitative estimate of drug-likeness (QED) is 0.860. The van der Waals surface area contributed by atoms with E-state index in [2.05, 4.69) is 22.0 Å². The lowest BCUT2D eigenvalue weighted by atomic mass is 10.2. The highest BCUT2D eigenvalue weighted by Crippen LogP contribution is 2.27. The van der Waals surface area contributed by atoms with Crippen LogP contribution in [0.2, 0.25) is 5.02 Å². The number of thioether (sulfide) groups is 1. The standard InChI is InChI=1S/C14H16ClN3S2/c1-10-9-18(6-7-19-10)14-17-16-13(20-14)8-11-2-4-12(15)5-3-11/h2-5,10H,6-9H2,1H3. The molecule has 2 heterocycles. The fourth-order valence-electron chi connectivity index (χ4n) is 2.21. The van der Waals surface area contributed by atoms with Crippen molar-refractivity contribution >= 4 is 39.8 Å². The number of aromatic nitrogens is 2. The third kappa shape index (κ3) is 3.45. The summed E-state index contributed by atoms with van der Waals surface area (Å²) in [7, 11) is 0. The van der Waals surface area contributed by atoms with Crippen LogP contribution >= 0.6 is 34.7 Å². The van der Waals surface area contributed by atoms with Crippen molar-refractivity contribution in [1.82, 2.24) is 10.2 Å². The highest BCUT2D eigenvalue weighted by molar-refractivity contribution is 8.00. The van der Waals surface area contributed by atoms with Gasteiger partial charge in [-0.3, -0.25) is 0 Å². The summed E-state index contributed by atoms with van der Waals surface area (Å²) in [5.74, 6) is 1.17. The molecule has 0 amide bonds. The molecule has 6 heteroatoms. The van der Waals surface area contributed by atoms with Gasteiger partial charge < -0.3 is 4.90 Å². The normalized spacial score (nSPS) is 19.3. The largest absolute Gasteiger partial charge is 0.345 e. The summed E-state index contributed by atoms with van der Waals surface area (Å²) in [4.78, 5) is 2.35. The number of hydrogen-bond acceptors (Lipinski definition) is 5. The number of nitrogens with zero attached hydrogens (tertiary/aromatic N) is 3. The molecular weight excluding hydrogens is 310 g/mol. The zero-order valence-corrected chi connectivity index (χ0v) is 13.6. The van der Waals surface area contributed by atoms with Crippen LogP contribution in [0.15, 0.2) is 24.3 Å². The van der Waals surface area contributed by atoms with E-state index in [-0.39, 0.29) is 0 Å². The average molecular weight is 326 g/mol. The van der Waals surface area contributed by atoms with Crippen LogP contribution in [0.3, 0.4) is 0 Å². The molecule has 1 aliphatic heterocycles. The van der Waals surface area contributed by atoms with E-state index in [4.69, 9.17) is 11.6 Å². The number of rotatable bonds is 3. The molecule has 1 fully saturated rings. The van der Waals surface area contributed by atoms with Gasteiger partial charge in [-0.25, -0.2) is 0 Å². The first-order valence-electron chi connectivity index (χ1n) is 6.64. The first-order valence-corrected chi connectivity index (χ1v) is 8.88. The van der Waals surface area contributed by atoms with Crippen LogP contribution in [0, 0.1) is 0 Å². The topological polar surface area (TPSA) is 29.0 Å². The SMILES string of the molecule is CC1CN(c2nnc(Cc3ccc(Cl)cc3)s2)CCS1. The minimum Gasteiger partial charge on any atom is -0.345 e. The summed E-state index contributed by atoms with van der Waals surface area (Å²) in [6.07, 6.45) is 0.826. The molecule has 1 atom stereocenters. The highest BCUT2D eigenvalue weighted by Gasteiger charge is 2.20. The van der Waals surface area contributed by atoms with Crippen LogP contribution in [-0.4, -0.2) is 34.3 Å². The Morgan fingerprint density at radius 1 is 1.30 bits per heavy atom.